The number of nitrogens with two attached hydrogens (primary N) is 1. The lowest BCUT2D eigenvalue weighted by molar-refractivity contribution is -0.00494. The van der Waals surface area contributed by atoms with Crippen LogP contribution in [0.5, 0.6) is 5.75 Å². The van der Waals surface area contributed by atoms with Crippen molar-refractivity contribution in [3.8, 4) is 5.75 Å². The van der Waals surface area contributed by atoms with Gasteiger partial charge in [0.15, 0.2) is 15.6 Å². The first-order valence-electron chi connectivity index (χ1n) is 4.89. The van der Waals surface area contributed by atoms with E-state index in [0.29, 0.717) is 0 Å². The molecule has 1 fully saturated rings. The molecule has 1 aromatic carbocycles. The standard InChI is InChI=1S/C10H12ClNO4S/c1-10(4-16-5-10)17(14,15)9-6(11)2-3-7(12)8(9)13/h2-3,13H,4-5,12H2,1H3. The van der Waals surface area contributed by atoms with Gasteiger partial charge < -0.3 is 15.6 Å². The van der Waals surface area contributed by atoms with Crippen LogP contribution in [0, 0.1) is 0 Å². The van der Waals surface area contributed by atoms with E-state index in [4.69, 9.17) is 22.1 Å². The molecule has 0 saturated carbocycles. The molecule has 0 amide bonds. The lowest BCUT2D eigenvalue weighted by Gasteiger charge is -2.37. The van der Waals surface area contributed by atoms with Crippen LogP contribution >= 0.6 is 11.6 Å². The predicted octanol–water partition coefficient (Wildman–Crippen LogP) is 1.19. The summed E-state index contributed by atoms with van der Waals surface area (Å²) < 4.78 is 28.6. The molecular weight excluding hydrogens is 266 g/mol. The average molecular weight is 278 g/mol. The fourth-order valence-electron chi connectivity index (χ4n) is 1.61. The van der Waals surface area contributed by atoms with Gasteiger partial charge in [-0.25, -0.2) is 8.42 Å². The van der Waals surface area contributed by atoms with E-state index in [1.54, 1.807) is 6.92 Å². The van der Waals surface area contributed by atoms with Gasteiger partial charge in [-0.15, -0.1) is 0 Å². The maximum atomic E-state index is 12.4. The van der Waals surface area contributed by atoms with E-state index in [1.807, 2.05) is 0 Å². The number of hydrogen-bond acceptors (Lipinski definition) is 5. The fourth-order valence-corrected chi connectivity index (χ4v) is 3.73. The van der Waals surface area contributed by atoms with Crippen molar-refractivity contribution in [1.82, 2.24) is 0 Å². The van der Waals surface area contributed by atoms with Gasteiger partial charge in [0.25, 0.3) is 0 Å². The highest BCUT2D eigenvalue weighted by atomic mass is 35.5. The third kappa shape index (κ3) is 1.67. The molecule has 94 valence electrons. The van der Waals surface area contributed by atoms with E-state index in [9.17, 15) is 13.5 Å². The van der Waals surface area contributed by atoms with Crippen LogP contribution in [0.2, 0.25) is 5.02 Å². The van der Waals surface area contributed by atoms with Gasteiger partial charge >= 0.3 is 0 Å². The minimum Gasteiger partial charge on any atom is -0.504 e. The molecular formula is C10H12ClNO4S. The van der Waals surface area contributed by atoms with E-state index < -0.39 is 20.3 Å². The third-order valence-corrected chi connectivity index (χ3v) is 5.76. The van der Waals surface area contributed by atoms with Gasteiger partial charge in [0, 0.05) is 0 Å². The molecule has 5 nitrogen and oxygen atoms in total. The van der Waals surface area contributed by atoms with Crippen molar-refractivity contribution in [2.45, 2.75) is 16.6 Å². The molecule has 0 unspecified atom stereocenters. The zero-order valence-corrected chi connectivity index (χ0v) is 10.7. The number of phenolic OH excluding ortho intramolecular Hbond substituents is 1. The van der Waals surface area contributed by atoms with Crippen LogP contribution in [0.3, 0.4) is 0 Å². The molecule has 1 saturated heterocycles. The molecule has 1 aliphatic heterocycles. The summed E-state index contributed by atoms with van der Waals surface area (Å²) in [6, 6.07) is 2.71. The Morgan fingerprint density at radius 1 is 1.47 bits per heavy atom. The summed E-state index contributed by atoms with van der Waals surface area (Å²) in [5.74, 6) is -0.495. The second-order valence-corrected chi connectivity index (χ2v) is 7.07. The molecule has 1 aromatic rings. The fraction of sp³-hybridized carbons (Fsp3) is 0.400. The first-order chi connectivity index (χ1) is 7.79. The van der Waals surface area contributed by atoms with Crippen molar-refractivity contribution < 1.29 is 18.3 Å². The van der Waals surface area contributed by atoms with E-state index >= 15 is 0 Å². The Morgan fingerprint density at radius 2 is 2.06 bits per heavy atom. The SMILES string of the molecule is CC1(S(=O)(=O)c2c(Cl)ccc(N)c2O)COC1. The van der Waals surface area contributed by atoms with Gasteiger partial charge in [-0.3, -0.25) is 0 Å². The van der Waals surface area contributed by atoms with Crippen LogP contribution < -0.4 is 5.73 Å². The summed E-state index contributed by atoms with van der Waals surface area (Å²) in [4.78, 5) is -0.315. The Labute approximate surface area is 104 Å². The van der Waals surface area contributed by atoms with E-state index in [0.717, 1.165) is 0 Å². The number of aromatic hydroxyl groups is 1. The first-order valence-corrected chi connectivity index (χ1v) is 6.75. The van der Waals surface area contributed by atoms with Crippen molar-refractivity contribution in [2.24, 2.45) is 0 Å². The number of rotatable bonds is 2. The molecule has 7 heteroatoms. The second kappa shape index (κ2) is 3.76. The number of sulfone groups is 1. The quantitative estimate of drug-likeness (QED) is 0.626. The van der Waals surface area contributed by atoms with Gasteiger partial charge in [0.1, 0.15) is 9.64 Å². The van der Waals surface area contributed by atoms with Gasteiger partial charge in [-0.1, -0.05) is 11.6 Å². The van der Waals surface area contributed by atoms with E-state index in [-0.39, 0.29) is 28.8 Å². The Morgan fingerprint density at radius 3 is 2.53 bits per heavy atom. The molecule has 0 spiro atoms. The largest absolute Gasteiger partial charge is 0.504 e. The first kappa shape index (κ1) is 12.5. The molecule has 1 aliphatic rings. The minimum absolute atomic E-state index is 0.0168. The molecule has 0 bridgehead atoms. The van der Waals surface area contributed by atoms with Gasteiger partial charge in [0.2, 0.25) is 0 Å². The van der Waals surface area contributed by atoms with Crippen molar-refractivity contribution >= 4 is 27.1 Å². The zero-order valence-electron chi connectivity index (χ0n) is 9.10. The summed E-state index contributed by atoms with van der Waals surface area (Å²) in [5.41, 5.74) is 5.47. The molecule has 3 N–H and O–H groups in total. The maximum Gasteiger partial charge on any atom is 0.193 e. The number of nitrogen functional groups attached to an aromatic ring is 1. The van der Waals surface area contributed by atoms with E-state index in [2.05, 4.69) is 0 Å². The molecule has 1 heterocycles. The number of hydrogen-bond donors (Lipinski definition) is 2. The maximum absolute atomic E-state index is 12.4. The van der Waals surface area contributed by atoms with Gasteiger partial charge in [-0.2, -0.15) is 0 Å². The number of anilines is 1. The smallest absolute Gasteiger partial charge is 0.193 e. The van der Waals surface area contributed by atoms with Crippen LogP contribution in [-0.2, 0) is 14.6 Å². The van der Waals surface area contributed by atoms with Crippen LogP contribution in [0.25, 0.3) is 0 Å². The topological polar surface area (TPSA) is 89.6 Å². The van der Waals surface area contributed by atoms with Gasteiger partial charge in [-0.05, 0) is 19.1 Å². The Bertz CT molecular complexity index is 566. The summed E-state index contributed by atoms with van der Waals surface area (Å²) in [6.45, 7) is 1.71. The summed E-state index contributed by atoms with van der Waals surface area (Å²) in [6.07, 6.45) is 0. The Balaban J connectivity index is 2.66. The Hall–Kier alpha value is -0.980. The number of halogens is 1. The molecule has 2 rings (SSSR count). The molecule has 0 aromatic heterocycles. The Kier molecular flexibility index (Phi) is 2.76. The highest BCUT2D eigenvalue weighted by Gasteiger charge is 2.49. The number of benzene rings is 1. The van der Waals surface area contributed by atoms with Crippen LogP contribution in [0.15, 0.2) is 17.0 Å². The molecule has 0 radical (unpaired) electrons. The molecule has 0 aliphatic carbocycles. The summed E-state index contributed by atoms with van der Waals surface area (Å²) in [7, 11) is -3.77. The lowest BCUT2D eigenvalue weighted by atomic mass is 10.1. The molecule has 0 atom stereocenters. The van der Waals surface area contributed by atoms with Gasteiger partial charge in [0.05, 0.1) is 23.9 Å². The minimum atomic E-state index is -3.77. The van der Waals surface area contributed by atoms with Crippen molar-refractivity contribution in [1.29, 1.82) is 0 Å². The second-order valence-electron chi connectivity index (χ2n) is 4.26. The third-order valence-electron chi connectivity index (χ3n) is 2.85. The van der Waals surface area contributed by atoms with Crippen LogP contribution in [0.1, 0.15) is 6.92 Å². The average Bonchev–Trinajstić information content (AvgIpc) is 2.20. The highest BCUT2D eigenvalue weighted by molar-refractivity contribution is 7.93. The predicted molar refractivity (Wildman–Crippen MR) is 63.9 cm³/mol. The normalized spacial score (nSPS) is 18.7. The van der Waals surface area contributed by atoms with Crippen molar-refractivity contribution in [3.05, 3.63) is 17.2 Å². The van der Waals surface area contributed by atoms with Crippen LogP contribution in [0.4, 0.5) is 5.69 Å². The number of phenols is 1. The lowest BCUT2D eigenvalue weighted by Crippen LogP contribution is -2.53. The van der Waals surface area contributed by atoms with Crippen molar-refractivity contribution in [3.63, 3.8) is 0 Å². The molecule has 17 heavy (non-hydrogen) atoms. The monoisotopic (exact) mass is 277 g/mol. The number of ether oxygens (including phenoxy) is 1. The van der Waals surface area contributed by atoms with E-state index in [1.165, 1.54) is 12.1 Å². The zero-order chi connectivity index (χ0) is 12.8. The summed E-state index contributed by atoms with van der Waals surface area (Å²) in [5, 5.41) is 9.73. The van der Waals surface area contributed by atoms with Crippen LogP contribution in [-0.4, -0.2) is 31.5 Å². The highest BCUT2D eigenvalue weighted by Crippen LogP contribution is 2.42. The summed E-state index contributed by atoms with van der Waals surface area (Å²) >= 11 is 5.84. The van der Waals surface area contributed by atoms with Crippen molar-refractivity contribution in [2.75, 3.05) is 18.9 Å².